The fraction of sp³-hybridized carbons (Fsp3) is 0.308. The van der Waals surface area contributed by atoms with Gasteiger partial charge in [0.15, 0.2) is 0 Å². The number of rotatable bonds is 2. The summed E-state index contributed by atoms with van der Waals surface area (Å²) in [5, 5.41) is 1.84. The quantitative estimate of drug-likeness (QED) is 0.866. The Morgan fingerprint density at radius 2 is 2.12 bits per heavy atom. The van der Waals surface area contributed by atoms with Gasteiger partial charge in [0.05, 0.1) is 5.52 Å². The van der Waals surface area contributed by atoms with Gasteiger partial charge in [-0.2, -0.15) is 0 Å². The number of aromatic nitrogens is 1. The average molecular weight is 235 g/mol. The molecule has 0 bridgehead atoms. The molecule has 2 nitrogen and oxygen atoms in total. The molecular weight excluding hydrogens is 220 g/mol. The molecule has 1 aromatic carbocycles. The Balaban J connectivity index is 2.64. The van der Waals surface area contributed by atoms with E-state index in [1.54, 1.807) is 0 Å². The van der Waals surface area contributed by atoms with Crippen LogP contribution in [0, 0.1) is 6.92 Å². The molecule has 0 fully saturated rings. The molecule has 2 N–H and O–H groups in total. The smallest absolute Gasteiger partial charge is 0.0720 e. The number of aryl methyl sites for hydroxylation is 1. The lowest BCUT2D eigenvalue weighted by Crippen LogP contribution is -2.11. The van der Waals surface area contributed by atoms with Gasteiger partial charge in [0.25, 0.3) is 0 Å². The van der Waals surface area contributed by atoms with E-state index in [0.29, 0.717) is 6.54 Å². The highest BCUT2D eigenvalue weighted by Crippen LogP contribution is 2.23. The largest absolute Gasteiger partial charge is 0.330 e. The number of nitrogens with two attached hydrogens (primary N) is 1. The Hall–Kier alpha value is -1.12. The lowest BCUT2D eigenvalue weighted by molar-refractivity contribution is 0.743. The highest BCUT2D eigenvalue weighted by Gasteiger charge is 2.10. The van der Waals surface area contributed by atoms with Gasteiger partial charge in [0, 0.05) is 28.6 Å². The Labute approximate surface area is 100 Å². The van der Waals surface area contributed by atoms with Gasteiger partial charge in [-0.15, -0.1) is 0 Å². The number of nitrogens with zero attached hydrogens (tertiary/aromatic N) is 1. The zero-order valence-corrected chi connectivity index (χ0v) is 10.3. The molecule has 0 saturated heterocycles. The lowest BCUT2D eigenvalue weighted by atomic mass is 10.0. The zero-order valence-electron chi connectivity index (χ0n) is 9.50. The van der Waals surface area contributed by atoms with Gasteiger partial charge in [-0.1, -0.05) is 24.6 Å². The minimum atomic E-state index is 0.281. The lowest BCUT2D eigenvalue weighted by Gasteiger charge is -2.12. The first-order valence-corrected chi connectivity index (χ1v) is 5.76. The maximum absolute atomic E-state index is 5.96. The normalized spacial score (nSPS) is 13.0. The molecule has 16 heavy (non-hydrogen) atoms. The van der Waals surface area contributed by atoms with Crippen LogP contribution in [0.2, 0.25) is 5.02 Å². The molecule has 0 radical (unpaired) electrons. The number of benzene rings is 1. The van der Waals surface area contributed by atoms with Crippen LogP contribution < -0.4 is 5.73 Å². The molecule has 0 aliphatic rings. The topological polar surface area (TPSA) is 38.9 Å². The summed E-state index contributed by atoms with van der Waals surface area (Å²) in [5.41, 5.74) is 8.87. The summed E-state index contributed by atoms with van der Waals surface area (Å²) < 4.78 is 0. The highest BCUT2D eigenvalue weighted by molar-refractivity contribution is 6.31. The van der Waals surface area contributed by atoms with Gasteiger partial charge in [-0.3, -0.25) is 4.98 Å². The van der Waals surface area contributed by atoms with Crippen molar-refractivity contribution < 1.29 is 0 Å². The van der Waals surface area contributed by atoms with E-state index in [4.69, 9.17) is 17.3 Å². The summed E-state index contributed by atoms with van der Waals surface area (Å²) >= 11 is 5.96. The van der Waals surface area contributed by atoms with Crippen LogP contribution in [0.1, 0.15) is 24.1 Å². The van der Waals surface area contributed by atoms with Crippen molar-refractivity contribution in [2.75, 3.05) is 6.54 Å². The van der Waals surface area contributed by atoms with Gasteiger partial charge in [-0.05, 0) is 30.7 Å². The summed E-state index contributed by atoms with van der Waals surface area (Å²) in [5.74, 6) is 0.281. The molecule has 0 spiro atoms. The minimum absolute atomic E-state index is 0.281. The summed E-state index contributed by atoms with van der Waals surface area (Å²) in [4.78, 5) is 4.64. The predicted octanol–water partition coefficient (Wildman–Crippen LogP) is 3.26. The number of halogens is 1. The molecule has 1 atom stereocenters. The maximum atomic E-state index is 5.96. The van der Waals surface area contributed by atoms with E-state index in [2.05, 4.69) is 24.9 Å². The fourth-order valence-corrected chi connectivity index (χ4v) is 2.04. The zero-order chi connectivity index (χ0) is 11.7. The molecule has 3 heteroatoms. The number of pyridine rings is 1. The van der Waals surface area contributed by atoms with Crippen LogP contribution in [0.25, 0.3) is 10.9 Å². The second-order valence-electron chi connectivity index (χ2n) is 4.16. The summed E-state index contributed by atoms with van der Waals surface area (Å²) in [7, 11) is 0. The van der Waals surface area contributed by atoms with E-state index in [0.717, 1.165) is 21.6 Å². The van der Waals surface area contributed by atoms with Crippen molar-refractivity contribution in [3.8, 4) is 0 Å². The van der Waals surface area contributed by atoms with E-state index < -0.39 is 0 Å². The summed E-state index contributed by atoms with van der Waals surface area (Å²) in [6.45, 7) is 4.77. The maximum Gasteiger partial charge on any atom is 0.0720 e. The van der Waals surface area contributed by atoms with Gasteiger partial charge < -0.3 is 5.73 Å². The Kier molecular flexibility index (Phi) is 3.13. The standard InChI is InChI=1S/C13H15ClN2/c1-8-5-10-3-4-11(14)6-12(10)16-13(8)9(2)7-15/h3-6,9H,7,15H2,1-2H3. The van der Waals surface area contributed by atoms with Gasteiger partial charge >= 0.3 is 0 Å². The minimum Gasteiger partial charge on any atom is -0.330 e. The van der Waals surface area contributed by atoms with Crippen molar-refractivity contribution >= 4 is 22.5 Å². The Bertz CT molecular complexity index is 523. The van der Waals surface area contributed by atoms with Crippen LogP contribution in [0.4, 0.5) is 0 Å². The van der Waals surface area contributed by atoms with Crippen molar-refractivity contribution in [1.82, 2.24) is 4.98 Å². The molecule has 0 aliphatic heterocycles. The first-order chi connectivity index (χ1) is 7.61. The van der Waals surface area contributed by atoms with Crippen molar-refractivity contribution in [3.63, 3.8) is 0 Å². The molecule has 2 rings (SSSR count). The SMILES string of the molecule is Cc1cc2ccc(Cl)cc2nc1C(C)CN. The molecule has 0 saturated carbocycles. The van der Waals surface area contributed by atoms with Crippen LogP contribution in [0.5, 0.6) is 0 Å². The second kappa shape index (κ2) is 4.40. The third-order valence-corrected chi connectivity index (χ3v) is 3.06. The van der Waals surface area contributed by atoms with Gasteiger partial charge in [-0.25, -0.2) is 0 Å². The van der Waals surface area contributed by atoms with E-state index in [1.807, 2.05) is 18.2 Å². The van der Waals surface area contributed by atoms with Crippen molar-refractivity contribution in [1.29, 1.82) is 0 Å². The highest BCUT2D eigenvalue weighted by atomic mass is 35.5. The molecular formula is C13H15ClN2. The molecule has 1 heterocycles. The van der Waals surface area contributed by atoms with Gasteiger partial charge in [0.2, 0.25) is 0 Å². The van der Waals surface area contributed by atoms with E-state index in [9.17, 15) is 0 Å². The van der Waals surface area contributed by atoms with Crippen LogP contribution in [0.15, 0.2) is 24.3 Å². The van der Waals surface area contributed by atoms with Crippen molar-refractivity contribution in [2.45, 2.75) is 19.8 Å². The van der Waals surface area contributed by atoms with Crippen LogP contribution in [-0.2, 0) is 0 Å². The third kappa shape index (κ3) is 2.04. The number of hydrogen-bond acceptors (Lipinski definition) is 2. The molecule has 84 valence electrons. The van der Waals surface area contributed by atoms with E-state index in [-0.39, 0.29) is 5.92 Å². The summed E-state index contributed by atoms with van der Waals surface area (Å²) in [6.07, 6.45) is 0. The molecule has 1 aromatic heterocycles. The predicted molar refractivity (Wildman–Crippen MR) is 69.0 cm³/mol. The molecule has 0 aliphatic carbocycles. The monoisotopic (exact) mass is 234 g/mol. The Morgan fingerprint density at radius 1 is 1.38 bits per heavy atom. The Morgan fingerprint density at radius 3 is 2.81 bits per heavy atom. The number of fused-ring (bicyclic) bond motifs is 1. The van der Waals surface area contributed by atoms with Gasteiger partial charge in [0.1, 0.15) is 0 Å². The molecule has 0 amide bonds. The van der Waals surface area contributed by atoms with E-state index >= 15 is 0 Å². The molecule has 1 unspecified atom stereocenters. The van der Waals surface area contributed by atoms with Crippen LogP contribution >= 0.6 is 11.6 Å². The first-order valence-electron chi connectivity index (χ1n) is 5.38. The first kappa shape index (κ1) is 11.4. The fourth-order valence-electron chi connectivity index (χ4n) is 1.87. The molecule has 2 aromatic rings. The third-order valence-electron chi connectivity index (χ3n) is 2.83. The number of hydrogen-bond donors (Lipinski definition) is 1. The second-order valence-corrected chi connectivity index (χ2v) is 4.60. The van der Waals surface area contributed by atoms with Crippen molar-refractivity contribution in [2.24, 2.45) is 5.73 Å². The van der Waals surface area contributed by atoms with E-state index in [1.165, 1.54) is 5.56 Å². The van der Waals surface area contributed by atoms with Crippen LogP contribution in [-0.4, -0.2) is 11.5 Å². The van der Waals surface area contributed by atoms with Crippen LogP contribution in [0.3, 0.4) is 0 Å². The summed E-state index contributed by atoms with van der Waals surface area (Å²) in [6, 6.07) is 7.91. The average Bonchev–Trinajstić information content (AvgIpc) is 2.28. The van der Waals surface area contributed by atoms with Crippen molar-refractivity contribution in [3.05, 3.63) is 40.5 Å².